The molecule has 0 atom stereocenters. The Kier molecular flexibility index (Phi) is 7.09. The van der Waals surface area contributed by atoms with Crippen LogP contribution in [0.3, 0.4) is 0 Å². The van der Waals surface area contributed by atoms with Crippen molar-refractivity contribution < 1.29 is 19.1 Å². The molecule has 1 aromatic heterocycles. The van der Waals surface area contributed by atoms with E-state index >= 15 is 0 Å². The van der Waals surface area contributed by atoms with Crippen molar-refractivity contribution in [1.82, 2.24) is 4.98 Å². The molecule has 0 bridgehead atoms. The van der Waals surface area contributed by atoms with E-state index in [2.05, 4.69) is 27.6 Å². The molecule has 29 heavy (non-hydrogen) atoms. The summed E-state index contributed by atoms with van der Waals surface area (Å²) in [6.07, 6.45) is 5.19. The Morgan fingerprint density at radius 2 is 1.79 bits per heavy atom. The summed E-state index contributed by atoms with van der Waals surface area (Å²) in [5.74, 6) is -1.25. The molecule has 6 heteroatoms. The molecule has 1 N–H and O–H groups in total. The first kappa shape index (κ1) is 21.1. The Morgan fingerprint density at radius 1 is 1.03 bits per heavy atom. The van der Waals surface area contributed by atoms with Crippen LogP contribution in [-0.2, 0) is 12.8 Å². The molecule has 1 heterocycles. The van der Waals surface area contributed by atoms with Crippen molar-refractivity contribution in [2.24, 2.45) is 0 Å². The molecule has 0 aliphatic rings. The molecule has 0 aliphatic heterocycles. The average Bonchev–Trinajstić information content (AvgIpc) is 2.71. The van der Waals surface area contributed by atoms with Gasteiger partial charge in [-0.25, -0.2) is 9.18 Å². The molecular weight excluding hydrogens is 484 g/mol. The van der Waals surface area contributed by atoms with Crippen molar-refractivity contribution >= 4 is 34.3 Å². The molecule has 0 saturated carbocycles. The minimum atomic E-state index is -0.957. The highest BCUT2D eigenvalue weighted by Crippen LogP contribution is 2.20. The highest BCUT2D eigenvalue weighted by molar-refractivity contribution is 14.1. The van der Waals surface area contributed by atoms with Crippen molar-refractivity contribution in [3.05, 3.63) is 98.1 Å². The highest BCUT2D eigenvalue weighted by atomic mass is 127. The Hall–Kier alpha value is -2.61. The third-order valence-corrected chi connectivity index (χ3v) is 5.34. The summed E-state index contributed by atoms with van der Waals surface area (Å²) in [5.41, 5.74) is 3.04. The van der Waals surface area contributed by atoms with Crippen LogP contribution in [-0.4, -0.2) is 21.8 Å². The molecule has 0 radical (unpaired) electrons. The maximum atomic E-state index is 14.2. The van der Waals surface area contributed by atoms with Gasteiger partial charge in [0.25, 0.3) is 0 Å². The molecule has 0 spiro atoms. The van der Waals surface area contributed by atoms with Gasteiger partial charge in [0, 0.05) is 34.4 Å². The molecule has 2 aromatic carbocycles. The van der Waals surface area contributed by atoms with Crippen LogP contribution in [0.2, 0.25) is 0 Å². The van der Waals surface area contributed by atoms with Gasteiger partial charge in [0.2, 0.25) is 0 Å². The van der Waals surface area contributed by atoms with Gasteiger partial charge >= 0.3 is 5.97 Å². The number of rotatable bonds is 8. The van der Waals surface area contributed by atoms with Gasteiger partial charge in [-0.05, 0) is 82.5 Å². The summed E-state index contributed by atoms with van der Waals surface area (Å²) in [7, 11) is 0. The number of ketones is 1. The van der Waals surface area contributed by atoms with Crippen molar-refractivity contribution in [2.75, 3.05) is 0 Å². The van der Waals surface area contributed by atoms with Gasteiger partial charge in [0.05, 0.1) is 5.56 Å². The monoisotopic (exact) mass is 503 g/mol. The number of carboxylic acids is 1. The SMILES string of the molecule is O=C(O)c1ccc(CCCC(=O)c2ccncc2Cc2ccc(I)cc2F)cc1. The van der Waals surface area contributed by atoms with Gasteiger partial charge in [0.1, 0.15) is 5.82 Å². The highest BCUT2D eigenvalue weighted by Gasteiger charge is 2.14. The van der Waals surface area contributed by atoms with Crippen molar-refractivity contribution in [3.8, 4) is 0 Å². The molecule has 0 unspecified atom stereocenters. The summed E-state index contributed by atoms with van der Waals surface area (Å²) in [4.78, 5) is 27.7. The lowest BCUT2D eigenvalue weighted by Gasteiger charge is -2.09. The second-order valence-electron chi connectivity index (χ2n) is 6.72. The molecule has 4 nitrogen and oxygen atoms in total. The van der Waals surface area contributed by atoms with E-state index < -0.39 is 5.97 Å². The molecule has 3 rings (SSSR count). The van der Waals surface area contributed by atoms with Crippen molar-refractivity contribution in [2.45, 2.75) is 25.7 Å². The first-order valence-corrected chi connectivity index (χ1v) is 10.2. The van der Waals surface area contributed by atoms with E-state index in [4.69, 9.17) is 5.11 Å². The van der Waals surface area contributed by atoms with Crippen LogP contribution in [0.1, 0.15) is 50.2 Å². The number of Topliss-reactive ketones (excluding diaryl/α,β-unsaturated/α-hetero) is 1. The molecule has 0 fully saturated rings. The number of aromatic carboxylic acids is 1. The number of aromatic nitrogens is 1. The van der Waals surface area contributed by atoms with Crippen LogP contribution in [0.15, 0.2) is 60.9 Å². The summed E-state index contributed by atoms with van der Waals surface area (Å²) < 4.78 is 15.0. The second-order valence-corrected chi connectivity index (χ2v) is 7.97. The molecule has 0 aliphatic carbocycles. The van der Waals surface area contributed by atoms with Crippen molar-refractivity contribution in [3.63, 3.8) is 0 Å². The number of pyridine rings is 1. The number of benzene rings is 2. The topological polar surface area (TPSA) is 67.3 Å². The number of nitrogens with zero attached hydrogens (tertiary/aromatic N) is 1. The fourth-order valence-electron chi connectivity index (χ4n) is 3.11. The average molecular weight is 503 g/mol. The van der Waals surface area contributed by atoms with Gasteiger partial charge in [-0.1, -0.05) is 18.2 Å². The van der Waals surface area contributed by atoms with E-state index in [9.17, 15) is 14.0 Å². The van der Waals surface area contributed by atoms with E-state index in [1.165, 1.54) is 6.07 Å². The van der Waals surface area contributed by atoms with Gasteiger partial charge in [-0.15, -0.1) is 0 Å². The fraction of sp³-hybridized carbons (Fsp3) is 0.174. The molecule has 0 saturated heterocycles. The summed E-state index contributed by atoms with van der Waals surface area (Å²) in [5, 5.41) is 8.94. The lowest BCUT2D eigenvalue weighted by atomic mass is 9.96. The number of hydrogen-bond acceptors (Lipinski definition) is 3. The van der Waals surface area contributed by atoms with Crippen LogP contribution in [0.4, 0.5) is 4.39 Å². The van der Waals surface area contributed by atoms with E-state index in [1.807, 2.05) is 6.07 Å². The standard InChI is InChI=1S/C23H19FINO3/c24-21-13-19(25)9-8-17(21)12-18-14-26-11-10-20(18)22(27)3-1-2-15-4-6-16(7-5-15)23(28)29/h4-11,13-14H,1-3,12H2,(H,28,29). The largest absolute Gasteiger partial charge is 0.478 e. The quantitative estimate of drug-likeness (QED) is 0.334. The minimum Gasteiger partial charge on any atom is -0.478 e. The van der Waals surface area contributed by atoms with Gasteiger partial charge in [-0.3, -0.25) is 9.78 Å². The predicted octanol–water partition coefficient (Wildman–Crippen LogP) is 5.32. The minimum absolute atomic E-state index is 0.00419. The van der Waals surface area contributed by atoms with Crippen LogP contribution in [0.5, 0.6) is 0 Å². The summed E-state index contributed by atoms with van der Waals surface area (Å²) >= 11 is 2.06. The third-order valence-electron chi connectivity index (χ3n) is 4.67. The van der Waals surface area contributed by atoms with Gasteiger partial charge < -0.3 is 5.11 Å². The normalized spacial score (nSPS) is 10.7. The van der Waals surface area contributed by atoms with E-state index in [0.29, 0.717) is 42.4 Å². The lowest BCUT2D eigenvalue weighted by molar-refractivity contribution is 0.0696. The summed E-state index contributed by atoms with van der Waals surface area (Å²) in [6.45, 7) is 0. The Balaban J connectivity index is 1.64. The van der Waals surface area contributed by atoms with Crippen LogP contribution < -0.4 is 0 Å². The number of carbonyl (C=O) groups is 2. The van der Waals surface area contributed by atoms with Gasteiger partial charge in [-0.2, -0.15) is 0 Å². The number of carboxylic acid groups (broad SMARTS) is 1. The zero-order valence-corrected chi connectivity index (χ0v) is 17.7. The van der Waals surface area contributed by atoms with E-state index in [1.54, 1.807) is 48.8 Å². The Labute approximate surface area is 181 Å². The molecule has 0 amide bonds. The van der Waals surface area contributed by atoms with E-state index in [0.717, 1.165) is 9.13 Å². The van der Waals surface area contributed by atoms with Crippen LogP contribution in [0, 0.1) is 9.39 Å². The van der Waals surface area contributed by atoms with Crippen molar-refractivity contribution in [1.29, 1.82) is 0 Å². The molecule has 3 aromatic rings. The van der Waals surface area contributed by atoms with Crippen LogP contribution >= 0.6 is 22.6 Å². The Morgan fingerprint density at radius 3 is 2.48 bits per heavy atom. The molecule has 148 valence electrons. The van der Waals surface area contributed by atoms with Gasteiger partial charge in [0.15, 0.2) is 5.78 Å². The first-order valence-electron chi connectivity index (χ1n) is 9.16. The maximum Gasteiger partial charge on any atom is 0.335 e. The zero-order valence-electron chi connectivity index (χ0n) is 15.6. The van der Waals surface area contributed by atoms with Crippen LogP contribution in [0.25, 0.3) is 0 Å². The molecular formula is C23H19FINO3. The number of aryl methyl sites for hydroxylation is 1. The number of carbonyl (C=O) groups excluding carboxylic acids is 1. The lowest BCUT2D eigenvalue weighted by Crippen LogP contribution is -2.06. The third kappa shape index (κ3) is 5.69. The predicted molar refractivity (Wildman–Crippen MR) is 117 cm³/mol. The first-order chi connectivity index (χ1) is 13.9. The Bertz CT molecular complexity index is 1030. The zero-order chi connectivity index (χ0) is 20.8. The number of hydrogen-bond donors (Lipinski definition) is 1. The fourth-order valence-corrected chi connectivity index (χ4v) is 3.57. The van der Waals surface area contributed by atoms with E-state index in [-0.39, 0.29) is 17.2 Å². The summed E-state index contributed by atoms with van der Waals surface area (Å²) in [6, 6.07) is 13.4. The smallest absolute Gasteiger partial charge is 0.335 e. The number of halogens is 2. The second kappa shape index (κ2) is 9.73. The maximum absolute atomic E-state index is 14.2.